The molecule has 0 saturated carbocycles. The quantitative estimate of drug-likeness (QED) is 0.136. The molecule has 0 fully saturated rings. The van der Waals surface area contributed by atoms with Crippen molar-refractivity contribution >= 4 is 43.6 Å². The van der Waals surface area contributed by atoms with Crippen molar-refractivity contribution in [2.45, 2.75) is 0 Å². The van der Waals surface area contributed by atoms with Gasteiger partial charge in [0.25, 0.3) is 0 Å². The summed E-state index contributed by atoms with van der Waals surface area (Å²) in [7, 11) is 0. The van der Waals surface area contributed by atoms with Gasteiger partial charge >= 0.3 is 0 Å². The second kappa shape index (κ2) is 18.1. The van der Waals surface area contributed by atoms with Crippen molar-refractivity contribution in [2.75, 3.05) is 0 Å². The van der Waals surface area contributed by atoms with Crippen LogP contribution in [0, 0.1) is 0 Å². The molecule has 0 N–H and O–H groups in total. The highest BCUT2D eigenvalue weighted by molar-refractivity contribution is 6.13. The first-order valence-electron chi connectivity index (χ1n) is 25.5. The van der Waals surface area contributed by atoms with Crippen LogP contribution in [0.15, 0.2) is 291 Å². The summed E-state index contributed by atoms with van der Waals surface area (Å²) < 4.78 is 4.82. The van der Waals surface area contributed by atoms with Crippen molar-refractivity contribution in [3.63, 3.8) is 0 Å². The Hall–Kier alpha value is -9.76. The molecule has 0 amide bonds. The maximum atomic E-state index is 2.41. The van der Waals surface area contributed by atoms with Gasteiger partial charge in [-0.2, -0.15) is 0 Å². The Kier molecular flexibility index (Phi) is 10.6. The van der Waals surface area contributed by atoms with Gasteiger partial charge in [-0.15, -0.1) is 0 Å². The Morgan fingerprint density at radius 2 is 0.500 bits per heavy atom. The van der Waals surface area contributed by atoms with Crippen molar-refractivity contribution in [1.82, 2.24) is 9.13 Å². The first kappa shape index (κ1) is 43.1. The van der Waals surface area contributed by atoms with Crippen LogP contribution >= 0.6 is 0 Å². The molecule has 2 nitrogen and oxygen atoms in total. The molecule has 2 heteroatoms. The van der Waals surface area contributed by atoms with Gasteiger partial charge in [-0.3, -0.25) is 0 Å². The molecule has 0 aliphatic heterocycles. The van der Waals surface area contributed by atoms with Gasteiger partial charge in [-0.25, -0.2) is 0 Å². The van der Waals surface area contributed by atoms with E-state index in [0.717, 1.165) is 11.4 Å². The summed E-state index contributed by atoms with van der Waals surface area (Å²) in [5, 5.41) is 4.97. The van der Waals surface area contributed by atoms with E-state index in [1.807, 2.05) is 0 Å². The standard InChI is InChI=1S/C72H48N2/c1-3-16-49(17-4-1)57-23-15-25-62(46-57)74-70-31-12-10-29-66(70)68-48-59(39-43-72(68)74)58-38-42-71-67(47-58)65-28-9-11-30-69(65)73(71)61-40-36-51(37-41-61)50-32-34-52(35-33-50)54-20-13-21-55(44-54)56-22-14-24-60(45-56)64-27-8-7-26-63(64)53-18-5-2-6-19-53/h1-48H. The van der Waals surface area contributed by atoms with E-state index in [2.05, 4.69) is 300 Å². The lowest BCUT2D eigenvalue weighted by Gasteiger charge is -2.12. The predicted octanol–water partition coefficient (Wildman–Crippen LogP) is 19.5. The Balaban J connectivity index is 0.749. The molecule has 0 bridgehead atoms. The molecule has 0 radical (unpaired) electrons. The summed E-state index contributed by atoms with van der Waals surface area (Å²) >= 11 is 0. The molecule has 14 aromatic rings. The van der Waals surface area contributed by atoms with E-state index >= 15 is 0 Å². The minimum Gasteiger partial charge on any atom is -0.309 e. The zero-order chi connectivity index (χ0) is 49.0. The van der Waals surface area contributed by atoms with Crippen LogP contribution in [-0.2, 0) is 0 Å². The molecule has 12 aromatic carbocycles. The van der Waals surface area contributed by atoms with Crippen LogP contribution in [-0.4, -0.2) is 9.13 Å². The van der Waals surface area contributed by atoms with Gasteiger partial charge in [-0.05, 0) is 151 Å². The van der Waals surface area contributed by atoms with Crippen LogP contribution in [0.25, 0.3) is 133 Å². The number of rotatable bonds is 9. The largest absolute Gasteiger partial charge is 0.309 e. The van der Waals surface area contributed by atoms with E-state index in [0.29, 0.717) is 0 Å². The molecule has 0 atom stereocenters. The highest BCUT2D eigenvalue weighted by Gasteiger charge is 2.17. The molecule has 14 rings (SSSR count). The lowest BCUT2D eigenvalue weighted by atomic mass is 9.92. The molecule has 0 spiro atoms. The summed E-state index contributed by atoms with van der Waals surface area (Å²) in [5.41, 5.74) is 24.0. The molecular formula is C72H48N2. The predicted molar refractivity (Wildman–Crippen MR) is 313 cm³/mol. The molecular weight excluding hydrogens is 893 g/mol. The Morgan fingerprint density at radius 3 is 1.08 bits per heavy atom. The lowest BCUT2D eigenvalue weighted by Crippen LogP contribution is -1.94. The molecule has 0 aliphatic carbocycles. The van der Waals surface area contributed by atoms with Gasteiger partial charge in [0.1, 0.15) is 0 Å². The number of para-hydroxylation sites is 2. The average Bonchev–Trinajstić information content (AvgIpc) is 4.02. The number of benzene rings is 12. The molecule has 0 unspecified atom stereocenters. The van der Waals surface area contributed by atoms with Crippen molar-refractivity contribution in [1.29, 1.82) is 0 Å². The minimum absolute atomic E-state index is 1.14. The van der Waals surface area contributed by atoms with Gasteiger partial charge in [0, 0.05) is 32.9 Å². The van der Waals surface area contributed by atoms with Crippen molar-refractivity contribution in [3.8, 4) is 89.3 Å². The van der Waals surface area contributed by atoms with Gasteiger partial charge in [0.15, 0.2) is 0 Å². The molecule has 74 heavy (non-hydrogen) atoms. The smallest absolute Gasteiger partial charge is 0.0541 e. The first-order valence-corrected chi connectivity index (χ1v) is 25.5. The van der Waals surface area contributed by atoms with Crippen molar-refractivity contribution < 1.29 is 0 Å². The van der Waals surface area contributed by atoms with E-state index in [-0.39, 0.29) is 0 Å². The van der Waals surface area contributed by atoms with E-state index in [4.69, 9.17) is 0 Å². The summed E-state index contributed by atoms with van der Waals surface area (Å²) in [4.78, 5) is 0. The fraction of sp³-hybridized carbons (Fsp3) is 0. The number of hydrogen-bond acceptors (Lipinski definition) is 0. The number of hydrogen-bond donors (Lipinski definition) is 0. The molecule has 2 aromatic heterocycles. The minimum atomic E-state index is 1.14. The molecule has 0 saturated heterocycles. The zero-order valence-corrected chi connectivity index (χ0v) is 40.6. The second-order valence-electron chi connectivity index (χ2n) is 19.3. The zero-order valence-electron chi connectivity index (χ0n) is 40.6. The van der Waals surface area contributed by atoms with Gasteiger partial charge in [-0.1, -0.05) is 218 Å². The Morgan fingerprint density at radius 1 is 0.162 bits per heavy atom. The third-order valence-corrected chi connectivity index (χ3v) is 14.9. The maximum absolute atomic E-state index is 2.41. The van der Waals surface area contributed by atoms with Crippen LogP contribution in [0.2, 0.25) is 0 Å². The first-order chi connectivity index (χ1) is 36.7. The molecule has 2 heterocycles. The van der Waals surface area contributed by atoms with Crippen LogP contribution in [0.5, 0.6) is 0 Å². The van der Waals surface area contributed by atoms with Gasteiger partial charge in [0.05, 0.1) is 22.1 Å². The molecule has 0 aliphatic rings. The highest BCUT2D eigenvalue weighted by Crippen LogP contribution is 2.40. The Bertz CT molecular complexity index is 4390. The van der Waals surface area contributed by atoms with Crippen molar-refractivity contribution in [2.24, 2.45) is 0 Å². The fourth-order valence-corrected chi connectivity index (χ4v) is 11.3. The summed E-state index contributed by atoms with van der Waals surface area (Å²) in [6, 6.07) is 106. The van der Waals surface area contributed by atoms with E-state index in [1.54, 1.807) is 0 Å². The second-order valence-corrected chi connectivity index (χ2v) is 19.3. The molecule has 346 valence electrons. The number of aromatic nitrogens is 2. The topological polar surface area (TPSA) is 9.86 Å². The van der Waals surface area contributed by atoms with E-state index in [9.17, 15) is 0 Å². The SMILES string of the molecule is c1ccc(-c2cccc(-n3c4ccccc4c4cc(-c5ccc6c(c5)c5ccccc5n6-c5ccc(-c6ccc(-c7cccc(-c8cccc(-c9ccccc9-c9ccccc9)c8)c7)cc6)cc5)ccc43)c2)cc1. The van der Waals surface area contributed by atoms with Crippen molar-refractivity contribution in [3.05, 3.63) is 291 Å². The number of fused-ring (bicyclic) bond motifs is 6. The number of nitrogens with zero attached hydrogens (tertiary/aromatic N) is 2. The van der Waals surface area contributed by atoms with Crippen LogP contribution in [0.3, 0.4) is 0 Å². The normalized spacial score (nSPS) is 11.5. The summed E-state index contributed by atoms with van der Waals surface area (Å²) in [6.07, 6.45) is 0. The van der Waals surface area contributed by atoms with Crippen LogP contribution in [0.1, 0.15) is 0 Å². The maximum Gasteiger partial charge on any atom is 0.0541 e. The lowest BCUT2D eigenvalue weighted by molar-refractivity contribution is 1.18. The fourth-order valence-electron chi connectivity index (χ4n) is 11.3. The third kappa shape index (κ3) is 7.60. The Labute approximate surface area is 431 Å². The van der Waals surface area contributed by atoms with E-state index < -0.39 is 0 Å². The monoisotopic (exact) mass is 940 g/mol. The average molecular weight is 941 g/mol. The van der Waals surface area contributed by atoms with Gasteiger partial charge < -0.3 is 9.13 Å². The third-order valence-electron chi connectivity index (χ3n) is 14.9. The summed E-state index contributed by atoms with van der Waals surface area (Å²) in [6.45, 7) is 0. The van der Waals surface area contributed by atoms with Gasteiger partial charge in [0.2, 0.25) is 0 Å². The van der Waals surface area contributed by atoms with Crippen LogP contribution < -0.4 is 0 Å². The highest BCUT2D eigenvalue weighted by atomic mass is 15.0. The summed E-state index contributed by atoms with van der Waals surface area (Å²) in [5.74, 6) is 0. The van der Waals surface area contributed by atoms with Crippen LogP contribution in [0.4, 0.5) is 0 Å². The van der Waals surface area contributed by atoms with E-state index in [1.165, 1.54) is 122 Å².